The molecule has 0 saturated carbocycles. The van der Waals surface area contributed by atoms with Crippen LogP contribution in [0.25, 0.3) is 21.9 Å². The fourth-order valence-corrected chi connectivity index (χ4v) is 5.02. The summed E-state index contributed by atoms with van der Waals surface area (Å²) in [5.41, 5.74) is 3.41. The number of piperazine rings is 1. The van der Waals surface area contributed by atoms with E-state index in [9.17, 15) is 4.79 Å². The SMILES string of the molecule is CCCC(NC(=O)c1ccc2oc3ccccc3c2c1)N1CCNCC1c1ccccc1OC. The summed E-state index contributed by atoms with van der Waals surface area (Å²) >= 11 is 0. The number of rotatable bonds is 7. The van der Waals surface area contributed by atoms with Crippen molar-refractivity contribution in [2.24, 2.45) is 0 Å². The molecule has 2 heterocycles. The molecule has 1 fully saturated rings. The molecule has 2 N–H and O–H groups in total. The van der Waals surface area contributed by atoms with Crippen LogP contribution < -0.4 is 15.4 Å². The summed E-state index contributed by atoms with van der Waals surface area (Å²) in [5, 5.41) is 8.83. The lowest BCUT2D eigenvalue weighted by molar-refractivity contribution is 0.0627. The normalized spacial score (nSPS) is 17.6. The summed E-state index contributed by atoms with van der Waals surface area (Å²) < 4.78 is 11.6. The molecule has 4 aromatic rings. The van der Waals surface area contributed by atoms with Crippen LogP contribution in [0, 0.1) is 0 Å². The number of hydrogen-bond donors (Lipinski definition) is 2. The lowest BCUT2D eigenvalue weighted by atomic mass is 10.00. The molecule has 1 aliphatic heterocycles. The Balaban J connectivity index is 1.43. The van der Waals surface area contributed by atoms with Crippen molar-refractivity contribution in [1.29, 1.82) is 0 Å². The van der Waals surface area contributed by atoms with E-state index in [0.29, 0.717) is 5.56 Å². The van der Waals surface area contributed by atoms with Gasteiger partial charge in [-0.15, -0.1) is 0 Å². The molecule has 1 amide bonds. The van der Waals surface area contributed by atoms with Crippen LogP contribution in [0.1, 0.15) is 41.7 Å². The molecule has 1 aliphatic rings. The Kier molecular flexibility index (Phi) is 6.52. The van der Waals surface area contributed by atoms with Crippen molar-refractivity contribution in [2.45, 2.75) is 32.0 Å². The van der Waals surface area contributed by atoms with Crippen LogP contribution in [0.3, 0.4) is 0 Å². The van der Waals surface area contributed by atoms with Crippen LogP contribution in [0.4, 0.5) is 0 Å². The van der Waals surface area contributed by atoms with E-state index < -0.39 is 0 Å². The maximum absolute atomic E-state index is 13.4. The second kappa shape index (κ2) is 9.87. The lowest BCUT2D eigenvalue weighted by Crippen LogP contribution is -2.56. The zero-order valence-corrected chi connectivity index (χ0v) is 19.7. The first-order valence-corrected chi connectivity index (χ1v) is 12.0. The molecule has 6 heteroatoms. The van der Waals surface area contributed by atoms with Crippen molar-refractivity contribution in [1.82, 2.24) is 15.5 Å². The number of nitrogens with zero attached hydrogens (tertiary/aromatic N) is 1. The third-order valence-electron chi connectivity index (χ3n) is 6.68. The quantitative estimate of drug-likeness (QED) is 0.404. The first-order chi connectivity index (χ1) is 16.7. The van der Waals surface area contributed by atoms with Gasteiger partial charge in [0.1, 0.15) is 16.9 Å². The van der Waals surface area contributed by atoms with E-state index in [1.165, 1.54) is 0 Å². The zero-order valence-electron chi connectivity index (χ0n) is 19.7. The second-order valence-electron chi connectivity index (χ2n) is 8.79. The van der Waals surface area contributed by atoms with E-state index in [2.05, 4.69) is 28.5 Å². The molecule has 0 radical (unpaired) electrons. The van der Waals surface area contributed by atoms with Gasteiger partial charge >= 0.3 is 0 Å². The number of nitrogens with one attached hydrogen (secondary N) is 2. The van der Waals surface area contributed by atoms with Gasteiger partial charge in [-0.2, -0.15) is 0 Å². The highest BCUT2D eigenvalue weighted by Crippen LogP contribution is 2.32. The number of fused-ring (bicyclic) bond motifs is 3. The zero-order chi connectivity index (χ0) is 23.5. The van der Waals surface area contributed by atoms with Crippen molar-refractivity contribution >= 4 is 27.8 Å². The van der Waals surface area contributed by atoms with Crippen LogP contribution in [0.5, 0.6) is 5.75 Å². The van der Waals surface area contributed by atoms with Crippen LogP contribution in [0.15, 0.2) is 71.1 Å². The van der Waals surface area contributed by atoms with E-state index in [1.54, 1.807) is 7.11 Å². The predicted molar refractivity (Wildman–Crippen MR) is 135 cm³/mol. The van der Waals surface area contributed by atoms with E-state index in [-0.39, 0.29) is 18.1 Å². The minimum atomic E-state index is -0.0775. The maximum atomic E-state index is 13.4. The maximum Gasteiger partial charge on any atom is 0.252 e. The summed E-state index contributed by atoms with van der Waals surface area (Å²) in [4.78, 5) is 15.8. The minimum absolute atomic E-state index is 0.0667. The summed E-state index contributed by atoms with van der Waals surface area (Å²) in [6, 6.07) is 21.9. The topological polar surface area (TPSA) is 66.7 Å². The highest BCUT2D eigenvalue weighted by Gasteiger charge is 2.32. The number of furan rings is 1. The number of hydrogen-bond acceptors (Lipinski definition) is 5. The summed E-state index contributed by atoms with van der Waals surface area (Å²) in [7, 11) is 1.71. The molecule has 1 aromatic heterocycles. The van der Waals surface area contributed by atoms with E-state index in [1.807, 2.05) is 60.7 Å². The number of benzene rings is 3. The Bertz CT molecular complexity index is 1300. The van der Waals surface area contributed by atoms with Gasteiger partial charge in [0.05, 0.1) is 19.3 Å². The first-order valence-electron chi connectivity index (χ1n) is 12.0. The van der Waals surface area contributed by atoms with Crippen LogP contribution >= 0.6 is 0 Å². The smallest absolute Gasteiger partial charge is 0.252 e. The molecular weight excluding hydrogens is 426 g/mol. The second-order valence-corrected chi connectivity index (χ2v) is 8.79. The number of carbonyl (C=O) groups excluding carboxylic acids is 1. The summed E-state index contributed by atoms with van der Waals surface area (Å²) in [5.74, 6) is 0.808. The lowest BCUT2D eigenvalue weighted by Gasteiger charge is -2.42. The molecule has 0 aliphatic carbocycles. The number of ether oxygens (including phenoxy) is 1. The van der Waals surface area contributed by atoms with Gasteiger partial charge in [0.2, 0.25) is 0 Å². The molecule has 1 saturated heterocycles. The van der Waals surface area contributed by atoms with Gasteiger partial charge < -0.3 is 19.8 Å². The Morgan fingerprint density at radius 3 is 2.76 bits per heavy atom. The molecule has 3 aromatic carbocycles. The number of carbonyl (C=O) groups is 1. The molecule has 0 spiro atoms. The fraction of sp³-hybridized carbons (Fsp3) is 0.321. The Morgan fingerprint density at radius 1 is 1.12 bits per heavy atom. The van der Waals surface area contributed by atoms with Gasteiger partial charge in [-0.25, -0.2) is 0 Å². The largest absolute Gasteiger partial charge is 0.496 e. The molecule has 2 unspecified atom stereocenters. The molecule has 176 valence electrons. The number of amides is 1. The number of para-hydroxylation sites is 2. The molecule has 5 rings (SSSR count). The average molecular weight is 458 g/mol. The van der Waals surface area contributed by atoms with Gasteiger partial charge in [-0.1, -0.05) is 49.7 Å². The predicted octanol–water partition coefficient (Wildman–Crippen LogP) is 5.10. The van der Waals surface area contributed by atoms with Gasteiger partial charge in [-0.3, -0.25) is 9.69 Å². The first kappa shape index (κ1) is 22.4. The van der Waals surface area contributed by atoms with Gasteiger partial charge in [-0.05, 0) is 36.8 Å². The van der Waals surface area contributed by atoms with E-state index in [4.69, 9.17) is 9.15 Å². The molecule has 34 heavy (non-hydrogen) atoms. The van der Waals surface area contributed by atoms with Crippen molar-refractivity contribution in [3.05, 3.63) is 77.9 Å². The summed E-state index contributed by atoms with van der Waals surface area (Å²) in [6.45, 7) is 4.69. The van der Waals surface area contributed by atoms with Gasteiger partial charge in [0.25, 0.3) is 5.91 Å². The Morgan fingerprint density at radius 2 is 1.91 bits per heavy atom. The van der Waals surface area contributed by atoms with Crippen molar-refractivity contribution < 1.29 is 13.9 Å². The van der Waals surface area contributed by atoms with Crippen molar-refractivity contribution in [2.75, 3.05) is 26.7 Å². The molecular formula is C28H31N3O3. The van der Waals surface area contributed by atoms with Crippen LogP contribution in [-0.4, -0.2) is 43.7 Å². The minimum Gasteiger partial charge on any atom is -0.496 e. The van der Waals surface area contributed by atoms with Gasteiger partial charge in [0, 0.05) is 41.5 Å². The third-order valence-corrected chi connectivity index (χ3v) is 6.68. The van der Waals surface area contributed by atoms with Crippen LogP contribution in [-0.2, 0) is 0 Å². The van der Waals surface area contributed by atoms with Gasteiger partial charge in [0.15, 0.2) is 0 Å². The molecule has 6 nitrogen and oxygen atoms in total. The number of methoxy groups -OCH3 is 1. The Hall–Kier alpha value is -3.35. The standard InChI is InChI=1S/C28H31N3O3/c1-3-8-27(31-16-15-29-18-23(31)21-10-5-6-11-24(21)33-2)30-28(32)19-13-14-26-22(17-19)20-9-4-7-12-25(20)34-26/h4-7,9-14,17,23,27,29H,3,8,15-16,18H2,1-2H3,(H,30,32). The average Bonchev–Trinajstić information content (AvgIpc) is 3.26. The van der Waals surface area contributed by atoms with Crippen LogP contribution in [0.2, 0.25) is 0 Å². The van der Waals surface area contributed by atoms with E-state index >= 15 is 0 Å². The monoisotopic (exact) mass is 457 g/mol. The summed E-state index contributed by atoms with van der Waals surface area (Å²) in [6.07, 6.45) is 1.76. The fourth-order valence-electron chi connectivity index (χ4n) is 5.02. The van der Waals surface area contributed by atoms with E-state index in [0.717, 1.165) is 65.7 Å². The van der Waals surface area contributed by atoms with Crippen molar-refractivity contribution in [3.63, 3.8) is 0 Å². The highest BCUT2D eigenvalue weighted by molar-refractivity contribution is 6.08. The highest BCUT2D eigenvalue weighted by atomic mass is 16.5. The van der Waals surface area contributed by atoms with Crippen molar-refractivity contribution in [3.8, 4) is 5.75 Å². The molecule has 0 bridgehead atoms. The Labute approximate surface area is 199 Å². The third kappa shape index (κ3) is 4.27. The molecule has 2 atom stereocenters.